The minimum Gasteiger partial charge on any atom is -0.464 e. The van der Waals surface area contributed by atoms with E-state index < -0.39 is 17.8 Å². The topological polar surface area (TPSA) is 69.9 Å². The number of methoxy groups -OCH3 is 1. The predicted molar refractivity (Wildman–Crippen MR) is 74.6 cm³/mol. The molecule has 2 atom stereocenters. The zero-order valence-electron chi connectivity index (χ0n) is 12.4. The van der Waals surface area contributed by atoms with Gasteiger partial charge in [-0.05, 0) is 12.8 Å². The van der Waals surface area contributed by atoms with Crippen molar-refractivity contribution in [1.82, 2.24) is 19.7 Å². The van der Waals surface area contributed by atoms with Gasteiger partial charge in [0.05, 0.1) is 19.0 Å². The first-order valence-corrected chi connectivity index (χ1v) is 7.37. The van der Waals surface area contributed by atoms with Crippen LogP contribution in [0.1, 0.15) is 40.5 Å². The third kappa shape index (κ3) is 1.97. The summed E-state index contributed by atoms with van der Waals surface area (Å²) in [5, 5.41) is 4.28. The molecule has 2 aliphatic rings. The second-order valence-corrected chi connectivity index (χ2v) is 5.90. The van der Waals surface area contributed by atoms with Crippen LogP contribution in [0, 0.1) is 5.92 Å². The highest BCUT2D eigenvalue weighted by atomic mass is 19.3. The highest BCUT2D eigenvalue weighted by Crippen LogP contribution is 2.56. The largest absolute Gasteiger partial charge is 0.464 e. The van der Waals surface area contributed by atoms with E-state index in [1.54, 1.807) is 0 Å². The quantitative estimate of drug-likeness (QED) is 0.793. The molecule has 0 bridgehead atoms. The summed E-state index contributed by atoms with van der Waals surface area (Å²) in [5.41, 5.74) is 1.29. The molecule has 2 aromatic rings. The molecule has 23 heavy (non-hydrogen) atoms. The summed E-state index contributed by atoms with van der Waals surface area (Å²) < 4.78 is 34.5. The van der Waals surface area contributed by atoms with Crippen LogP contribution in [0.25, 0.3) is 5.82 Å². The van der Waals surface area contributed by atoms with E-state index >= 15 is 0 Å². The van der Waals surface area contributed by atoms with E-state index in [1.807, 2.05) is 0 Å². The van der Waals surface area contributed by atoms with Crippen LogP contribution in [0.4, 0.5) is 8.78 Å². The van der Waals surface area contributed by atoms with Gasteiger partial charge in [-0.15, -0.1) is 0 Å². The number of carbonyl (C=O) groups is 1. The molecule has 6 nitrogen and oxygen atoms in total. The number of esters is 1. The number of halogens is 2. The summed E-state index contributed by atoms with van der Waals surface area (Å²) >= 11 is 0. The Labute approximate surface area is 130 Å². The Morgan fingerprint density at radius 2 is 2.26 bits per heavy atom. The first-order valence-electron chi connectivity index (χ1n) is 7.37. The fourth-order valence-corrected chi connectivity index (χ4v) is 3.75. The molecule has 1 saturated carbocycles. The van der Waals surface area contributed by atoms with Crippen LogP contribution in [-0.4, -0.2) is 38.8 Å². The van der Waals surface area contributed by atoms with Gasteiger partial charge in [0.1, 0.15) is 0 Å². The SMILES string of the molecule is COC(=O)c1nn(-c2cnccn2)c2c1CC1C2CCC1(F)F. The van der Waals surface area contributed by atoms with E-state index in [9.17, 15) is 13.6 Å². The Bertz CT molecular complexity index is 775. The maximum atomic E-state index is 14.1. The van der Waals surface area contributed by atoms with Crippen LogP contribution in [0.3, 0.4) is 0 Å². The molecule has 0 amide bonds. The number of carbonyl (C=O) groups excluding carboxylic acids is 1. The van der Waals surface area contributed by atoms with Gasteiger partial charge in [-0.25, -0.2) is 23.2 Å². The van der Waals surface area contributed by atoms with Gasteiger partial charge in [-0.2, -0.15) is 5.10 Å². The second kappa shape index (κ2) is 4.81. The molecule has 0 aliphatic heterocycles. The van der Waals surface area contributed by atoms with Gasteiger partial charge < -0.3 is 4.74 Å². The summed E-state index contributed by atoms with van der Waals surface area (Å²) in [6.07, 6.45) is 4.88. The molecule has 0 saturated heterocycles. The second-order valence-electron chi connectivity index (χ2n) is 5.90. The van der Waals surface area contributed by atoms with Crippen molar-refractivity contribution in [3.63, 3.8) is 0 Å². The standard InChI is InChI=1S/C15H14F2N4O2/c1-23-14(22)12-9-6-10-8(2-3-15(10,16)17)13(9)21(20-12)11-7-18-4-5-19-11/h4-5,7-8,10H,2-3,6H2,1H3. The van der Waals surface area contributed by atoms with Gasteiger partial charge in [0, 0.05) is 36.2 Å². The molecule has 8 heteroatoms. The van der Waals surface area contributed by atoms with Crippen molar-refractivity contribution < 1.29 is 18.3 Å². The fraction of sp³-hybridized carbons (Fsp3) is 0.467. The van der Waals surface area contributed by atoms with E-state index in [0.29, 0.717) is 23.5 Å². The Morgan fingerprint density at radius 3 is 2.96 bits per heavy atom. The van der Waals surface area contributed by atoms with Crippen LogP contribution in [-0.2, 0) is 11.2 Å². The highest BCUT2D eigenvalue weighted by Gasteiger charge is 2.56. The Morgan fingerprint density at radius 1 is 1.43 bits per heavy atom. The average Bonchev–Trinajstić information content (AvgIpc) is 3.18. The molecular formula is C15H14F2N4O2. The number of hydrogen-bond acceptors (Lipinski definition) is 5. The minimum absolute atomic E-state index is 0.0957. The van der Waals surface area contributed by atoms with Crippen molar-refractivity contribution in [3.05, 3.63) is 35.5 Å². The van der Waals surface area contributed by atoms with E-state index in [1.165, 1.54) is 30.4 Å². The monoisotopic (exact) mass is 320 g/mol. The smallest absolute Gasteiger partial charge is 0.358 e. The fourth-order valence-electron chi connectivity index (χ4n) is 3.75. The van der Waals surface area contributed by atoms with Crippen molar-refractivity contribution in [2.75, 3.05) is 7.11 Å². The minimum atomic E-state index is -2.72. The van der Waals surface area contributed by atoms with Gasteiger partial charge >= 0.3 is 5.97 Å². The van der Waals surface area contributed by atoms with Crippen molar-refractivity contribution in [2.45, 2.75) is 31.1 Å². The number of aromatic nitrogens is 4. The molecule has 2 heterocycles. The first-order chi connectivity index (χ1) is 11.0. The summed E-state index contributed by atoms with van der Waals surface area (Å²) in [6.45, 7) is 0. The maximum absolute atomic E-state index is 14.1. The van der Waals surface area contributed by atoms with Gasteiger partial charge in [0.2, 0.25) is 0 Å². The van der Waals surface area contributed by atoms with Crippen molar-refractivity contribution >= 4 is 5.97 Å². The number of alkyl halides is 2. The third-order valence-corrected chi connectivity index (χ3v) is 4.76. The van der Waals surface area contributed by atoms with Crippen molar-refractivity contribution in [2.24, 2.45) is 5.92 Å². The molecule has 2 aromatic heterocycles. The van der Waals surface area contributed by atoms with E-state index in [0.717, 1.165) is 0 Å². The molecule has 0 spiro atoms. The van der Waals surface area contributed by atoms with Gasteiger partial charge in [0.25, 0.3) is 5.92 Å². The van der Waals surface area contributed by atoms with E-state index in [-0.39, 0.29) is 24.5 Å². The van der Waals surface area contributed by atoms with E-state index in [4.69, 9.17) is 4.74 Å². The molecular weight excluding hydrogens is 306 g/mol. The lowest BCUT2D eigenvalue weighted by molar-refractivity contribution is -0.0371. The number of hydrogen-bond donors (Lipinski definition) is 0. The molecule has 4 rings (SSSR count). The van der Waals surface area contributed by atoms with Gasteiger partial charge in [0.15, 0.2) is 11.5 Å². The van der Waals surface area contributed by atoms with Crippen molar-refractivity contribution in [1.29, 1.82) is 0 Å². The maximum Gasteiger partial charge on any atom is 0.358 e. The molecule has 0 N–H and O–H groups in total. The van der Waals surface area contributed by atoms with Gasteiger partial charge in [-0.1, -0.05) is 0 Å². The lowest BCUT2D eigenvalue weighted by Gasteiger charge is -2.18. The van der Waals surface area contributed by atoms with Crippen LogP contribution < -0.4 is 0 Å². The highest BCUT2D eigenvalue weighted by molar-refractivity contribution is 5.89. The first kappa shape index (κ1) is 14.2. The zero-order valence-corrected chi connectivity index (χ0v) is 12.4. The molecule has 1 fully saturated rings. The molecule has 2 aliphatic carbocycles. The lowest BCUT2D eigenvalue weighted by atomic mass is 9.97. The number of rotatable bonds is 2. The van der Waals surface area contributed by atoms with Crippen LogP contribution in [0.2, 0.25) is 0 Å². The Hall–Kier alpha value is -2.38. The average molecular weight is 320 g/mol. The normalized spacial score (nSPS) is 24.3. The van der Waals surface area contributed by atoms with Crippen molar-refractivity contribution in [3.8, 4) is 5.82 Å². The number of nitrogens with zero attached hydrogens (tertiary/aromatic N) is 4. The summed E-state index contributed by atoms with van der Waals surface area (Å²) in [4.78, 5) is 20.1. The third-order valence-electron chi connectivity index (χ3n) is 4.76. The van der Waals surface area contributed by atoms with Crippen LogP contribution in [0.15, 0.2) is 18.6 Å². The van der Waals surface area contributed by atoms with Gasteiger partial charge in [-0.3, -0.25) is 4.98 Å². The number of fused-ring (bicyclic) bond motifs is 3. The summed E-state index contributed by atoms with van der Waals surface area (Å²) in [7, 11) is 1.25. The molecule has 2 unspecified atom stereocenters. The van der Waals surface area contributed by atoms with Crippen LogP contribution >= 0.6 is 0 Å². The Balaban J connectivity index is 1.89. The predicted octanol–water partition coefficient (Wildman–Crippen LogP) is 2.13. The Kier molecular flexibility index (Phi) is 2.97. The number of ether oxygens (including phenoxy) is 1. The molecule has 0 radical (unpaired) electrons. The molecule has 0 aromatic carbocycles. The van der Waals surface area contributed by atoms with E-state index in [2.05, 4.69) is 15.1 Å². The molecule has 120 valence electrons. The summed E-state index contributed by atoms with van der Waals surface area (Å²) in [5.74, 6) is -4.04. The lowest BCUT2D eigenvalue weighted by Crippen LogP contribution is -2.24. The zero-order chi connectivity index (χ0) is 16.2. The summed E-state index contributed by atoms with van der Waals surface area (Å²) in [6, 6.07) is 0. The van der Waals surface area contributed by atoms with Crippen LogP contribution in [0.5, 0.6) is 0 Å².